The third-order valence-electron chi connectivity index (χ3n) is 3.21. The number of aromatic nitrogens is 4. The van der Waals surface area contributed by atoms with E-state index >= 15 is 0 Å². The van der Waals surface area contributed by atoms with Gasteiger partial charge in [0.15, 0.2) is 5.82 Å². The van der Waals surface area contributed by atoms with Crippen LogP contribution in [0.25, 0.3) is 10.2 Å². The first kappa shape index (κ1) is 13.9. The lowest BCUT2D eigenvalue weighted by Crippen LogP contribution is -2.20. The van der Waals surface area contributed by atoms with Gasteiger partial charge < -0.3 is 4.52 Å². The fraction of sp³-hybridized carbons (Fsp3) is 0.429. The molecule has 0 bridgehead atoms. The molecular formula is C14H16N4O2S. The van der Waals surface area contributed by atoms with Gasteiger partial charge in [-0.15, -0.1) is 11.3 Å². The summed E-state index contributed by atoms with van der Waals surface area (Å²) < 4.78 is 6.68. The first-order chi connectivity index (χ1) is 10.2. The van der Waals surface area contributed by atoms with Crippen LogP contribution < -0.4 is 5.56 Å². The lowest BCUT2D eigenvalue weighted by Gasteiger charge is -2.00. The van der Waals surface area contributed by atoms with Crippen molar-refractivity contribution in [2.75, 3.05) is 0 Å². The van der Waals surface area contributed by atoms with Gasteiger partial charge in [0, 0.05) is 11.3 Å². The maximum Gasteiger partial charge on any atom is 0.262 e. The zero-order chi connectivity index (χ0) is 14.8. The monoisotopic (exact) mass is 304 g/mol. The lowest BCUT2D eigenvalue weighted by molar-refractivity contribution is 0.364. The van der Waals surface area contributed by atoms with Crippen molar-refractivity contribution in [3.8, 4) is 0 Å². The molecule has 3 rings (SSSR count). The first-order valence-electron chi connectivity index (χ1n) is 7.00. The summed E-state index contributed by atoms with van der Waals surface area (Å²) in [5.74, 6) is 1.12. The standard InChI is InChI=1S/C14H16N4O2S/c1-3-5-11-16-12(20-17-11)7-18-8-15-13-10(14(18)19)6-9(4-2)21-13/h6,8H,3-5,7H2,1-2H3. The predicted octanol–water partition coefficient (Wildman–Crippen LogP) is 2.40. The van der Waals surface area contributed by atoms with Crippen molar-refractivity contribution in [1.29, 1.82) is 0 Å². The number of rotatable bonds is 5. The van der Waals surface area contributed by atoms with Gasteiger partial charge in [0.1, 0.15) is 11.4 Å². The highest BCUT2D eigenvalue weighted by Gasteiger charge is 2.11. The lowest BCUT2D eigenvalue weighted by atomic mass is 10.3. The van der Waals surface area contributed by atoms with Crippen molar-refractivity contribution in [2.24, 2.45) is 0 Å². The Bertz CT molecular complexity index is 818. The van der Waals surface area contributed by atoms with Gasteiger partial charge in [0.25, 0.3) is 5.56 Å². The fourth-order valence-corrected chi connectivity index (χ4v) is 3.05. The maximum absolute atomic E-state index is 12.4. The second-order valence-corrected chi connectivity index (χ2v) is 5.93. The minimum absolute atomic E-state index is 0.0637. The summed E-state index contributed by atoms with van der Waals surface area (Å²) in [5.41, 5.74) is -0.0637. The van der Waals surface area contributed by atoms with Crippen LogP contribution >= 0.6 is 11.3 Å². The Labute approximate surface area is 125 Å². The maximum atomic E-state index is 12.4. The van der Waals surface area contributed by atoms with Crippen molar-refractivity contribution in [2.45, 2.75) is 39.7 Å². The van der Waals surface area contributed by atoms with E-state index in [1.165, 1.54) is 4.57 Å². The van der Waals surface area contributed by atoms with Crippen LogP contribution in [0.15, 0.2) is 21.7 Å². The van der Waals surface area contributed by atoms with Gasteiger partial charge in [-0.25, -0.2) is 4.98 Å². The highest BCUT2D eigenvalue weighted by atomic mass is 32.1. The molecule has 7 heteroatoms. The Morgan fingerprint density at radius 1 is 1.38 bits per heavy atom. The van der Waals surface area contributed by atoms with Crippen LogP contribution in [0.3, 0.4) is 0 Å². The Balaban J connectivity index is 1.92. The van der Waals surface area contributed by atoms with E-state index in [0.29, 0.717) is 17.1 Å². The quantitative estimate of drug-likeness (QED) is 0.723. The Morgan fingerprint density at radius 3 is 3.00 bits per heavy atom. The zero-order valence-electron chi connectivity index (χ0n) is 12.0. The normalized spacial score (nSPS) is 11.3. The summed E-state index contributed by atoms with van der Waals surface area (Å²) in [6.07, 6.45) is 4.19. The van der Waals surface area contributed by atoms with E-state index in [0.717, 1.165) is 29.0 Å². The molecule has 0 N–H and O–H groups in total. The van der Waals surface area contributed by atoms with E-state index in [9.17, 15) is 4.79 Å². The molecule has 3 aromatic heterocycles. The topological polar surface area (TPSA) is 73.8 Å². The van der Waals surface area contributed by atoms with Gasteiger partial charge in [0.05, 0.1) is 11.7 Å². The van der Waals surface area contributed by atoms with Crippen LogP contribution in [0.2, 0.25) is 0 Å². The SMILES string of the molecule is CCCc1noc(Cn2cnc3sc(CC)cc3c2=O)n1. The average Bonchev–Trinajstić information content (AvgIpc) is 3.09. The third kappa shape index (κ3) is 2.73. The molecule has 0 spiro atoms. The van der Waals surface area contributed by atoms with Crippen LogP contribution in [-0.2, 0) is 19.4 Å². The summed E-state index contributed by atoms with van der Waals surface area (Å²) in [4.78, 5) is 23.0. The molecule has 6 nitrogen and oxygen atoms in total. The third-order valence-corrected chi connectivity index (χ3v) is 4.39. The van der Waals surface area contributed by atoms with Crippen molar-refractivity contribution in [3.05, 3.63) is 39.3 Å². The summed E-state index contributed by atoms with van der Waals surface area (Å²) >= 11 is 1.56. The van der Waals surface area contributed by atoms with Crippen molar-refractivity contribution < 1.29 is 4.52 Å². The molecule has 0 amide bonds. The van der Waals surface area contributed by atoms with Gasteiger partial charge in [-0.1, -0.05) is 19.0 Å². The molecule has 0 saturated heterocycles. The number of hydrogen-bond acceptors (Lipinski definition) is 6. The molecule has 110 valence electrons. The molecule has 3 aromatic rings. The van der Waals surface area contributed by atoms with Gasteiger partial charge in [0.2, 0.25) is 5.89 Å². The Morgan fingerprint density at radius 2 is 2.24 bits per heavy atom. The van der Waals surface area contributed by atoms with E-state index in [4.69, 9.17) is 4.52 Å². The summed E-state index contributed by atoms with van der Waals surface area (Å²) in [6.45, 7) is 4.38. The van der Waals surface area contributed by atoms with Gasteiger partial charge in [-0.3, -0.25) is 9.36 Å². The van der Waals surface area contributed by atoms with E-state index in [1.54, 1.807) is 17.7 Å². The Kier molecular flexibility index (Phi) is 3.83. The smallest absolute Gasteiger partial charge is 0.262 e. The molecule has 0 unspecified atom stereocenters. The predicted molar refractivity (Wildman–Crippen MR) is 80.7 cm³/mol. The Hall–Kier alpha value is -2.02. The molecule has 0 aliphatic rings. The second kappa shape index (κ2) is 5.77. The second-order valence-electron chi connectivity index (χ2n) is 4.82. The van der Waals surface area contributed by atoms with Gasteiger partial charge >= 0.3 is 0 Å². The number of hydrogen-bond donors (Lipinski definition) is 0. The van der Waals surface area contributed by atoms with Crippen LogP contribution in [0.4, 0.5) is 0 Å². The van der Waals surface area contributed by atoms with Crippen LogP contribution in [0, 0.1) is 0 Å². The van der Waals surface area contributed by atoms with Crippen LogP contribution in [0.5, 0.6) is 0 Å². The molecule has 3 heterocycles. The van der Waals surface area contributed by atoms with E-state index in [1.807, 2.05) is 6.07 Å². The molecule has 0 aliphatic heterocycles. The van der Waals surface area contributed by atoms with Crippen molar-refractivity contribution in [3.63, 3.8) is 0 Å². The van der Waals surface area contributed by atoms with E-state index in [2.05, 4.69) is 29.0 Å². The van der Waals surface area contributed by atoms with Crippen molar-refractivity contribution >= 4 is 21.6 Å². The number of nitrogens with zero attached hydrogens (tertiary/aromatic N) is 4. The van der Waals surface area contributed by atoms with Crippen LogP contribution in [-0.4, -0.2) is 19.7 Å². The van der Waals surface area contributed by atoms with E-state index < -0.39 is 0 Å². The molecule has 0 atom stereocenters. The molecule has 0 saturated carbocycles. The number of thiophene rings is 1. The van der Waals surface area contributed by atoms with E-state index in [-0.39, 0.29) is 12.1 Å². The molecular weight excluding hydrogens is 288 g/mol. The molecule has 0 radical (unpaired) electrons. The molecule has 0 aliphatic carbocycles. The highest BCUT2D eigenvalue weighted by Crippen LogP contribution is 2.21. The summed E-state index contributed by atoms with van der Waals surface area (Å²) in [6, 6.07) is 1.92. The minimum atomic E-state index is -0.0637. The summed E-state index contributed by atoms with van der Waals surface area (Å²) in [5, 5.41) is 4.55. The van der Waals surface area contributed by atoms with Gasteiger partial charge in [-0.2, -0.15) is 4.98 Å². The fourth-order valence-electron chi connectivity index (χ4n) is 2.12. The molecule has 0 aromatic carbocycles. The van der Waals surface area contributed by atoms with Gasteiger partial charge in [-0.05, 0) is 18.9 Å². The number of aryl methyl sites for hydroxylation is 2. The van der Waals surface area contributed by atoms with Crippen molar-refractivity contribution in [1.82, 2.24) is 19.7 Å². The summed E-state index contributed by atoms with van der Waals surface area (Å²) in [7, 11) is 0. The zero-order valence-corrected chi connectivity index (χ0v) is 12.8. The molecule has 21 heavy (non-hydrogen) atoms. The van der Waals surface area contributed by atoms with Crippen LogP contribution in [0.1, 0.15) is 36.9 Å². The highest BCUT2D eigenvalue weighted by molar-refractivity contribution is 7.18. The number of fused-ring (bicyclic) bond motifs is 1. The largest absolute Gasteiger partial charge is 0.337 e. The first-order valence-corrected chi connectivity index (χ1v) is 7.82. The minimum Gasteiger partial charge on any atom is -0.337 e. The average molecular weight is 304 g/mol. The molecule has 0 fully saturated rings.